The van der Waals surface area contributed by atoms with E-state index in [9.17, 15) is 9.00 Å². The highest BCUT2D eigenvalue weighted by Gasteiger charge is 2.20. The number of rotatable bonds is 5. The predicted molar refractivity (Wildman–Crippen MR) is 89.9 cm³/mol. The van der Waals surface area contributed by atoms with Crippen LogP contribution in [0.3, 0.4) is 0 Å². The standard InChI is InChI=1S/C16H21N3O3S/c1-5-14(15-10(2)19-22-11(15)3)18-16(20)17-12-7-6-8-13(9-12)23(4)21/h6-9,14H,5H2,1-4H3,(H2,17,18,20)/t14-,23+/m1/s1. The number of carbonyl (C=O) groups is 1. The molecule has 0 spiro atoms. The molecule has 23 heavy (non-hydrogen) atoms. The van der Waals surface area contributed by atoms with Crippen LogP contribution in [0, 0.1) is 13.8 Å². The molecule has 124 valence electrons. The largest absolute Gasteiger partial charge is 0.361 e. The monoisotopic (exact) mass is 335 g/mol. The van der Waals surface area contributed by atoms with Crippen LogP contribution in [-0.4, -0.2) is 21.7 Å². The third-order valence-corrected chi connectivity index (χ3v) is 4.49. The number of urea groups is 1. The lowest BCUT2D eigenvalue weighted by atomic mass is 10.0. The molecule has 0 aliphatic rings. The Bertz CT molecular complexity index is 708. The summed E-state index contributed by atoms with van der Waals surface area (Å²) in [5.74, 6) is 0.707. The first-order valence-electron chi connectivity index (χ1n) is 7.36. The average molecular weight is 335 g/mol. The van der Waals surface area contributed by atoms with E-state index in [4.69, 9.17) is 4.52 Å². The van der Waals surface area contributed by atoms with Crippen molar-refractivity contribution in [1.82, 2.24) is 10.5 Å². The van der Waals surface area contributed by atoms with E-state index < -0.39 is 10.8 Å². The van der Waals surface area contributed by atoms with E-state index >= 15 is 0 Å². The molecule has 0 unspecified atom stereocenters. The summed E-state index contributed by atoms with van der Waals surface area (Å²) in [6, 6.07) is 6.48. The summed E-state index contributed by atoms with van der Waals surface area (Å²) < 4.78 is 16.7. The summed E-state index contributed by atoms with van der Waals surface area (Å²) in [5, 5.41) is 9.62. The summed E-state index contributed by atoms with van der Waals surface area (Å²) in [4.78, 5) is 12.9. The minimum absolute atomic E-state index is 0.176. The normalized spacial score (nSPS) is 13.4. The topological polar surface area (TPSA) is 84.2 Å². The second-order valence-corrected chi connectivity index (χ2v) is 6.66. The Morgan fingerprint density at radius 3 is 2.70 bits per heavy atom. The highest BCUT2D eigenvalue weighted by molar-refractivity contribution is 7.84. The van der Waals surface area contributed by atoms with Gasteiger partial charge in [0, 0.05) is 33.2 Å². The van der Waals surface area contributed by atoms with Crippen LogP contribution in [0.5, 0.6) is 0 Å². The number of aromatic nitrogens is 1. The minimum Gasteiger partial charge on any atom is -0.361 e. The Hall–Kier alpha value is -2.15. The minimum atomic E-state index is -1.09. The molecule has 2 amide bonds. The maximum Gasteiger partial charge on any atom is 0.319 e. The molecule has 2 aromatic rings. The van der Waals surface area contributed by atoms with Crippen molar-refractivity contribution in [3.05, 3.63) is 41.3 Å². The van der Waals surface area contributed by atoms with Crippen molar-refractivity contribution in [3.8, 4) is 0 Å². The van der Waals surface area contributed by atoms with Crippen molar-refractivity contribution in [2.24, 2.45) is 0 Å². The van der Waals surface area contributed by atoms with Gasteiger partial charge in [-0.1, -0.05) is 18.1 Å². The zero-order valence-corrected chi connectivity index (χ0v) is 14.5. The maximum atomic E-state index is 12.2. The molecule has 1 aromatic carbocycles. The summed E-state index contributed by atoms with van der Waals surface area (Å²) in [5.41, 5.74) is 2.29. The van der Waals surface area contributed by atoms with Crippen LogP contribution >= 0.6 is 0 Å². The first kappa shape index (κ1) is 17.2. The summed E-state index contributed by atoms with van der Waals surface area (Å²) in [6.45, 7) is 5.67. The van der Waals surface area contributed by atoms with Crippen LogP contribution in [0.25, 0.3) is 0 Å². The average Bonchev–Trinajstić information content (AvgIpc) is 2.84. The highest BCUT2D eigenvalue weighted by atomic mass is 32.2. The van der Waals surface area contributed by atoms with Gasteiger partial charge in [-0.25, -0.2) is 4.79 Å². The van der Waals surface area contributed by atoms with Crippen LogP contribution in [0.2, 0.25) is 0 Å². The molecule has 1 heterocycles. The van der Waals surface area contributed by atoms with Crippen LogP contribution in [-0.2, 0) is 10.8 Å². The number of nitrogens with zero attached hydrogens (tertiary/aromatic N) is 1. The van der Waals surface area contributed by atoms with Crippen LogP contribution in [0.1, 0.15) is 36.4 Å². The number of nitrogens with one attached hydrogen (secondary N) is 2. The zero-order chi connectivity index (χ0) is 17.0. The summed E-state index contributed by atoms with van der Waals surface area (Å²) in [6.07, 6.45) is 2.32. The predicted octanol–water partition coefficient (Wildman–Crippen LogP) is 3.30. The van der Waals surface area contributed by atoms with E-state index in [1.54, 1.807) is 30.5 Å². The van der Waals surface area contributed by atoms with Crippen molar-refractivity contribution >= 4 is 22.5 Å². The molecular formula is C16H21N3O3S. The van der Waals surface area contributed by atoms with Gasteiger partial charge in [-0.15, -0.1) is 0 Å². The van der Waals surface area contributed by atoms with Crippen LogP contribution < -0.4 is 10.6 Å². The quantitative estimate of drug-likeness (QED) is 0.878. The number of benzene rings is 1. The van der Waals surface area contributed by atoms with E-state index in [0.717, 1.165) is 17.7 Å². The third kappa shape index (κ3) is 4.19. The molecule has 0 fully saturated rings. The molecule has 0 aliphatic heterocycles. The van der Waals surface area contributed by atoms with Crippen molar-refractivity contribution in [1.29, 1.82) is 0 Å². The van der Waals surface area contributed by atoms with Gasteiger partial charge in [0.25, 0.3) is 0 Å². The fourth-order valence-electron chi connectivity index (χ4n) is 2.44. The second kappa shape index (κ2) is 7.41. The van der Waals surface area contributed by atoms with Crippen LogP contribution in [0.4, 0.5) is 10.5 Å². The summed E-state index contributed by atoms with van der Waals surface area (Å²) in [7, 11) is -1.09. The van der Waals surface area contributed by atoms with Gasteiger partial charge in [-0.05, 0) is 38.5 Å². The second-order valence-electron chi connectivity index (χ2n) is 5.28. The fraction of sp³-hybridized carbons (Fsp3) is 0.375. The van der Waals surface area contributed by atoms with Gasteiger partial charge in [0.2, 0.25) is 0 Å². The molecule has 0 bridgehead atoms. The molecule has 1 aromatic heterocycles. The molecule has 6 nitrogen and oxygen atoms in total. The zero-order valence-electron chi connectivity index (χ0n) is 13.7. The molecule has 2 atom stereocenters. The molecular weight excluding hydrogens is 314 g/mol. The van der Waals surface area contributed by atoms with Gasteiger partial charge in [-0.2, -0.15) is 0 Å². The molecule has 2 N–H and O–H groups in total. The first-order chi connectivity index (χ1) is 10.9. The van der Waals surface area contributed by atoms with E-state index in [1.165, 1.54) is 0 Å². The van der Waals surface area contributed by atoms with Gasteiger partial charge in [0.15, 0.2) is 0 Å². The van der Waals surface area contributed by atoms with Gasteiger partial charge < -0.3 is 15.2 Å². The number of hydrogen-bond acceptors (Lipinski definition) is 4. The molecule has 0 saturated carbocycles. The Labute approximate surface area is 138 Å². The smallest absolute Gasteiger partial charge is 0.319 e. The Kier molecular flexibility index (Phi) is 5.54. The highest BCUT2D eigenvalue weighted by Crippen LogP contribution is 2.24. The number of hydrogen-bond donors (Lipinski definition) is 2. The first-order valence-corrected chi connectivity index (χ1v) is 8.92. The van der Waals surface area contributed by atoms with Gasteiger partial charge in [-0.3, -0.25) is 4.21 Å². The molecule has 0 aliphatic carbocycles. The Morgan fingerprint density at radius 2 is 2.13 bits per heavy atom. The van der Waals surface area contributed by atoms with E-state index in [0.29, 0.717) is 16.3 Å². The maximum absolute atomic E-state index is 12.2. The third-order valence-electron chi connectivity index (χ3n) is 3.57. The van der Waals surface area contributed by atoms with E-state index in [1.807, 2.05) is 20.8 Å². The van der Waals surface area contributed by atoms with Crippen LogP contribution in [0.15, 0.2) is 33.7 Å². The molecule has 0 saturated heterocycles. The lowest BCUT2D eigenvalue weighted by Gasteiger charge is -2.17. The SMILES string of the molecule is CC[C@@H](NC(=O)Nc1cccc([S@](C)=O)c1)c1c(C)noc1C. The van der Waals surface area contributed by atoms with Gasteiger partial charge >= 0.3 is 6.03 Å². The van der Waals surface area contributed by atoms with E-state index in [-0.39, 0.29) is 12.1 Å². The Morgan fingerprint density at radius 1 is 1.39 bits per heavy atom. The lowest BCUT2D eigenvalue weighted by molar-refractivity contribution is 0.248. The number of carbonyl (C=O) groups excluding carboxylic acids is 1. The molecule has 0 radical (unpaired) electrons. The Balaban J connectivity index is 2.09. The van der Waals surface area contributed by atoms with Crippen molar-refractivity contribution in [2.45, 2.75) is 38.1 Å². The molecule has 7 heteroatoms. The van der Waals surface area contributed by atoms with E-state index in [2.05, 4.69) is 15.8 Å². The van der Waals surface area contributed by atoms with Gasteiger partial charge in [0.05, 0.1) is 11.7 Å². The van der Waals surface area contributed by atoms with Gasteiger partial charge in [0.1, 0.15) is 5.76 Å². The van der Waals surface area contributed by atoms with Crippen molar-refractivity contribution in [2.75, 3.05) is 11.6 Å². The molecule has 2 rings (SSSR count). The number of aryl methyl sites for hydroxylation is 2. The lowest BCUT2D eigenvalue weighted by Crippen LogP contribution is -2.32. The van der Waals surface area contributed by atoms with Crippen molar-refractivity contribution in [3.63, 3.8) is 0 Å². The van der Waals surface area contributed by atoms with Crippen molar-refractivity contribution < 1.29 is 13.5 Å². The number of amides is 2. The summed E-state index contributed by atoms with van der Waals surface area (Å²) >= 11 is 0. The fourth-order valence-corrected chi connectivity index (χ4v) is 3.01. The number of anilines is 1.